The van der Waals surface area contributed by atoms with Crippen molar-refractivity contribution >= 4 is 17.6 Å². The van der Waals surface area contributed by atoms with Crippen LogP contribution in [0.2, 0.25) is 0 Å². The molecule has 12 heteroatoms. The number of amides is 3. The number of rotatable bonds is 4. The van der Waals surface area contributed by atoms with Gasteiger partial charge in [-0.1, -0.05) is 29.8 Å². The van der Waals surface area contributed by atoms with Gasteiger partial charge in [0.1, 0.15) is 0 Å². The average Bonchev–Trinajstić information content (AvgIpc) is 3.30. The number of aryl methyl sites for hydroxylation is 1. The average molecular weight is 504 g/mol. The van der Waals surface area contributed by atoms with Crippen molar-refractivity contribution in [2.75, 3.05) is 32.7 Å². The van der Waals surface area contributed by atoms with E-state index < -0.39 is 24.1 Å². The SMILES string of the molecule is CC(=O)N1CCN([C@@H]2CN(C(=O)N[C@H](C)c3cnc(C(F)(F)F)nc3)N=C2c2ccc(C)cc2)CC1. The van der Waals surface area contributed by atoms with Gasteiger partial charge >= 0.3 is 12.2 Å². The molecule has 1 N–H and O–H groups in total. The minimum Gasteiger partial charge on any atom is -0.340 e. The van der Waals surface area contributed by atoms with Gasteiger partial charge < -0.3 is 10.2 Å². The number of alkyl halides is 3. The molecule has 3 heterocycles. The maximum atomic E-state index is 13.1. The minimum atomic E-state index is -4.63. The summed E-state index contributed by atoms with van der Waals surface area (Å²) >= 11 is 0. The maximum Gasteiger partial charge on any atom is 0.451 e. The first kappa shape index (κ1) is 25.5. The molecule has 0 spiro atoms. The first-order chi connectivity index (χ1) is 17.0. The molecule has 9 nitrogen and oxygen atoms in total. The van der Waals surface area contributed by atoms with E-state index in [1.165, 1.54) is 5.01 Å². The summed E-state index contributed by atoms with van der Waals surface area (Å²) in [5.74, 6) is -1.19. The molecule has 1 aromatic carbocycles. The number of piperazine rings is 1. The van der Waals surface area contributed by atoms with Crippen LogP contribution in [0.25, 0.3) is 0 Å². The Bertz CT molecular complexity index is 1130. The molecule has 2 aromatic rings. The fourth-order valence-corrected chi connectivity index (χ4v) is 4.28. The van der Waals surface area contributed by atoms with Crippen LogP contribution < -0.4 is 5.32 Å². The van der Waals surface area contributed by atoms with Gasteiger partial charge in [-0.2, -0.15) is 18.3 Å². The summed E-state index contributed by atoms with van der Waals surface area (Å²) in [4.78, 5) is 35.5. The summed E-state index contributed by atoms with van der Waals surface area (Å²) in [5, 5.41) is 8.74. The topological polar surface area (TPSA) is 94.0 Å². The van der Waals surface area contributed by atoms with Crippen molar-refractivity contribution in [2.24, 2.45) is 5.10 Å². The summed E-state index contributed by atoms with van der Waals surface area (Å²) in [6, 6.07) is 6.65. The van der Waals surface area contributed by atoms with Gasteiger partial charge in [-0.25, -0.2) is 19.8 Å². The van der Waals surface area contributed by atoms with Crippen molar-refractivity contribution in [1.29, 1.82) is 0 Å². The number of hydrogen-bond acceptors (Lipinski definition) is 6. The van der Waals surface area contributed by atoms with Crippen molar-refractivity contribution in [3.05, 3.63) is 59.2 Å². The maximum absolute atomic E-state index is 13.1. The van der Waals surface area contributed by atoms with Gasteiger partial charge in [-0.3, -0.25) is 9.69 Å². The lowest BCUT2D eigenvalue weighted by Gasteiger charge is -2.37. The Kier molecular flexibility index (Phi) is 7.25. The highest BCUT2D eigenvalue weighted by Gasteiger charge is 2.37. The second-order valence-corrected chi connectivity index (χ2v) is 9.00. The number of carbonyl (C=O) groups excluding carboxylic acids is 2. The van der Waals surface area contributed by atoms with Crippen LogP contribution in [0.1, 0.15) is 42.4 Å². The number of nitrogens with one attached hydrogen (secondary N) is 1. The summed E-state index contributed by atoms with van der Waals surface area (Å²) < 4.78 is 38.2. The monoisotopic (exact) mass is 503 g/mol. The lowest BCUT2D eigenvalue weighted by Crippen LogP contribution is -2.54. The smallest absolute Gasteiger partial charge is 0.340 e. The van der Waals surface area contributed by atoms with Crippen LogP contribution in [-0.4, -0.2) is 81.2 Å². The Hall–Kier alpha value is -3.54. The molecule has 1 saturated heterocycles. The molecule has 1 fully saturated rings. The predicted molar refractivity (Wildman–Crippen MR) is 126 cm³/mol. The molecule has 1 aromatic heterocycles. The first-order valence-electron chi connectivity index (χ1n) is 11.6. The van der Waals surface area contributed by atoms with Crippen molar-refractivity contribution in [2.45, 2.75) is 39.0 Å². The zero-order chi connectivity index (χ0) is 26.0. The molecular weight excluding hydrogens is 475 g/mol. The van der Waals surface area contributed by atoms with Crippen molar-refractivity contribution in [3.63, 3.8) is 0 Å². The highest BCUT2D eigenvalue weighted by molar-refractivity contribution is 6.06. The third kappa shape index (κ3) is 5.64. The number of carbonyl (C=O) groups is 2. The van der Waals surface area contributed by atoms with E-state index in [1.54, 1.807) is 18.7 Å². The normalized spacial score (nSPS) is 19.7. The molecule has 4 rings (SSSR count). The summed E-state index contributed by atoms with van der Waals surface area (Å²) in [5.41, 5.74) is 3.10. The van der Waals surface area contributed by atoms with Gasteiger partial charge in [-0.05, 0) is 19.4 Å². The Labute approximate surface area is 207 Å². The molecule has 192 valence electrons. The first-order valence-corrected chi connectivity index (χ1v) is 11.6. The van der Waals surface area contributed by atoms with Gasteiger partial charge in [0.2, 0.25) is 11.7 Å². The zero-order valence-electron chi connectivity index (χ0n) is 20.3. The predicted octanol–water partition coefficient (Wildman–Crippen LogP) is 2.83. The molecule has 0 unspecified atom stereocenters. The molecule has 3 amide bonds. The van der Waals surface area contributed by atoms with Crippen LogP contribution in [0.4, 0.5) is 18.0 Å². The second-order valence-electron chi connectivity index (χ2n) is 9.00. The molecule has 0 aliphatic carbocycles. The number of urea groups is 1. The van der Waals surface area contributed by atoms with E-state index in [2.05, 4.69) is 25.3 Å². The van der Waals surface area contributed by atoms with Crippen molar-refractivity contribution in [1.82, 2.24) is 30.1 Å². The fraction of sp³-hybridized carbons (Fsp3) is 0.458. The molecule has 0 saturated carbocycles. The Morgan fingerprint density at radius 1 is 1.06 bits per heavy atom. The zero-order valence-corrected chi connectivity index (χ0v) is 20.3. The van der Waals surface area contributed by atoms with E-state index in [4.69, 9.17) is 0 Å². The van der Waals surface area contributed by atoms with Crippen LogP contribution >= 0.6 is 0 Å². The molecule has 2 atom stereocenters. The summed E-state index contributed by atoms with van der Waals surface area (Å²) in [6.45, 7) is 8.01. The van der Waals surface area contributed by atoms with Crippen LogP contribution in [0, 0.1) is 6.92 Å². The van der Waals surface area contributed by atoms with E-state index in [9.17, 15) is 22.8 Å². The quantitative estimate of drug-likeness (QED) is 0.693. The highest BCUT2D eigenvalue weighted by atomic mass is 19.4. The van der Waals surface area contributed by atoms with Gasteiger partial charge in [0.05, 0.1) is 24.3 Å². The van der Waals surface area contributed by atoms with Gasteiger partial charge in [0, 0.05) is 51.1 Å². The molecular formula is C24H28F3N7O2. The highest BCUT2D eigenvalue weighted by Crippen LogP contribution is 2.26. The largest absolute Gasteiger partial charge is 0.451 e. The van der Waals surface area contributed by atoms with Crippen molar-refractivity contribution in [3.8, 4) is 0 Å². The molecule has 0 bridgehead atoms. The number of hydrogen-bond donors (Lipinski definition) is 1. The fourth-order valence-electron chi connectivity index (χ4n) is 4.28. The molecule has 2 aliphatic heterocycles. The van der Waals surface area contributed by atoms with Crippen molar-refractivity contribution < 1.29 is 22.8 Å². The summed E-state index contributed by atoms with van der Waals surface area (Å²) in [6.07, 6.45) is -2.52. The number of aromatic nitrogens is 2. The van der Waals surface area contributed by atoms with Crippen LogP contribution in [-0.2, 0) is 11.0 Å². The third-order valence-corrected chi connectivity index (χ3v) is 6.44. The van der Waals surface area contributed by atoms with E-state index >= 15 is 0 Å². The van der Waals surface area contributed by atoms with Crippen LogP contribution in [0.3, 0.4) is 0 Å². The van der Waals surface area contributed by atoms with Gasteiger partial charge in [0.15, 0.2) is 0 Å². The Balaban J connectivity index is 1.49. The summed E-state index contributed by atoms with van der Waals surface area (Å²) in [7, 11) is 0. The van der Waals surface area contributed by atoms with Gasteiger partial charge in [-0.15, -0.1) is 0 Å². The van der Waals surface area contributed by atoms with Gasteiger partial charge in [0.25, 0.3) is 0 Å². The lowest BCUT2D eigenvalue weighted by atomic mass is 10.0. The lowest BCUT2D eigenvalue weighted by molar-refractivity contribution is -0.145. The Morgan fingerprint density at radius 3 is 2.22 bits per heavy atom. The van der Waals surface area contributed by atoms with E-state index in [-0.39, 0.29) is 11.9 Å². The van der Waals surface area contributed by atoms with E-state index in [0.717, 1.165) is 29.2 Å². The van der Waals surface area contributed by atoms with E-state index in [0.29, 0.717) is 38.3 Å². The number of halogens is 3. The Morgan fingerprint density at radius 2 is 1.67 bits per heavy atom. The third-order valence-electron chi connectivity index (χ3n) is 6.44. The molecule has 0 radical (unpaired) electrons. The minimum absolute atomic E-state index is 0.0377. The molecule has 2 aliphatic rings. The number of hydrazone groups is 1. The molecule has 36 heavy (non-hydrogen) atoms. The van der Waals surface area contributed by atoms with Crippen LogP contribution in [0.5, 0.6) is 0 Å². The number of nitrogens with zero attached hydrogens (tertiary/aromatic N) is 6. The van der Waals surface area contributed by atoms with Crippen LogP contribution in [0.15, 0.2) is 41.8 Å². The standard InChI is InChI=1S/C24H28F3N7O2/c1-15-4-6-18(7-5-15)21-20(33-10-8-32(9-11-33)17(3)35)14-34(31-21)23(36)30-16(2)19-12-28-22(29-13-19)24(25,26)27/h4-7,12-13,16,20H,8-11,14H2,1-3H3,(H,30,36)/t16-,20-/m1/s1. The second kappa shape index (κ2) is 10.2. The van der Waals surface area contributed by atoms with E-state index in [1.807, 2.05) is 31.2 Å². The number of benzene rings is 1.